The lowest BCUT2D eigenvalue weighted by atomic mass is 9.80. The number of nitrogens with one attached hydrogen (secondary N) is 3. The number of aryl methyl sites for hydroxylation is 1. The third-order valence-electron chi connectivity index (χ3n) is 8.49. The van der Waals surface area contributed by atoms with Crippen molar-refractivity contribution < 1.29 is 23.8 Å². The largest absolute Gasteiger partial charge is 0.466 e. The molecule has 1 aliphatic heterocycles. The van der Waals surface area contributed by atoms with Crippen LogP contribution in [-0.4, -0.2) is 63.5 Å². The molecule has 1 aromatic heterocycles. The van der Waals surface area contributed by atoms with Crippen LogP contribution in [0, 0.1) is 0 Å². The molecule has 1 aliphatic carbocycles. The van der Waals surface area contributed by atoms with Gasteiger partial charge in [0.15, 0.2) is 0 Å². The molecular weight excluding hydrogens is 639 g/mol. The Labute approximate surface area is 286 Å². The second-order valence-electron chi connectivity index (χ2n) is 11.6. The molecule has 3 N–H and O–H groups in total. The molecule has 0 amide bonds. The lowest BCUT2D eigenvalue weighted by molar-refractivity contribution is -0.139. The van der Waals surface area contributed by atoms with E-state index in [0.29, 0.717) is 45.7 Å². The van der Waals surface area contributed by atoms with Gasteiger partial charge in [0.25, 0.3) is 0 Å². The van der Waals surface area contributed by atoms with E-state index in [1.807, 2.05) is 18.2 Å². The van der Waals surface area contributed by atoms with Crippen LogP contribution in [0.4, 0.5) is 5.69 Å². The van der Waals surface area contributed by atoms with Crippen molar-refractivity contribution in [2.24, 2.45) is 0 Å². The molecule has 0 saturated heterocycles. The zero-order valence-electron chi connectivity index (χ0n) is 27.1. The summed E-state index contributed by atoms with van der Waals surface area (Å²) in [6, 6.07) is 13.1. The van der Waals surface area contributed by atoms with Crippen LogP contribution in [-0.2, 0) is 36.6 Å². The third-order valence-corrected chi connectivity index (χ3v) is 9.07. The second kappa shape index (κ2) is 16.5. The van der Waals surface area contributed by atoms with Crippen LogP contribution < -0.4 is 16.0 Å². The van der Waals surface area contributed by atoms with Gasteiger partial charge in [0.1, 0.15) is 0 Å². The van der Waals surface area contributed by atoms with E-state index in [0.717, 1.165) is 43.3 Å². The van der Waals surface area contributed by atoms with Crippen molar-refractivity contribution in [3.05, 3.63) is 91.9 Å². The number of halogens is 2. The van der Waals surface area contributed by atoms with Crippen LogP contribution in [0.15, 0.2) is 65.0 Å². The molecule has 0 bridgehead atoms. The highest BCUT2D eigenvalue weighted by Gasteiger charge is 2.39. The number of hydrogen-bond donors (Lipinski definition) is 3. The summed E-state index contributed by atoms with van der Waals surface area (Å²) in [5, 5.41) is 12.6. The number of dihydropyridines is 1. The smallest absolute Gasteiger partial charge is 0.336 e. The number of carbonyl (C=O) groups is 2. The van der Waals surface area contributed by atoms with Crippen molar-refractivity contribution in [2.75, 3.05) is 51.9 Å². The summed E-state index contributed by atoms with van der Waals surface area (Å²) in [6.45, 7) is 6.48. The minimum absolute atomic E-state index is 0.119. The highest BCUT2D eigenvalue weighted by Crippen LogP contribution is 2.42. The van der Waals surface area contributed by atoms with Gasteiger partial charge in [-0.2, -0.15) is 0 Å². The highest BCUT2D eigenvalue weighted by atomic mass is 35.5. The van der Waals surface area contributed by atoms with Gasteiger partial charge >= 0.3 is 11.9 Å². The van der Waals surface area contributed by atoms with Gasteiger partial charge in [-0.3, -0.25) is 4.98 Å². The number of allylic oxidation sites excluding steroid dienone is 1. The summed E-state index contributed by atoms with van der Waals surface area (Å²) in [4.78, 5) is 31.2. The maximum Gasteiger partial charge on any atom is 0.336 e. The molecule has 9 nitrogen and oxygen atoms in total. The van der Waals surface area contributed by atoms with E-state index in [4.69, 9.17) is 42.4 Å². The van der Waals surface area contributed by atoms with Crippen LogP contribution in [0.3, 0.4) is 0 Å². The van der Waals surface area contributed by atoms with Crippen LogP contribution in [0.1, 0.15) is 55.8 Å². The minimum Gasteiger partial charge on any atom is -0.466 e. The van der Waals surface area contributed by atoms with Gasteiger partial charge in [-0.05, 0) is 87.9 Å². The summed E-state index contributed by atoms with van der Waals surface area (Å²) >= 11 is 12.9. The zero-order chi connectivity index (χ0) is 33.3. The normalized spacial score (nSPS) is 16.1. The Morgan fingerprint density at radius 1 is 1.02 bits per heavy atom. The number of aromatic nitrogens is 1. The molecule has 2 heterocycles. The molecule has 11 heteroatoms. The van der Waals surface area contributed by atoms with E-state index in [9.17, 15) is 9.59 Å². The van der Waals surface area contributed by atoms with Gasteiger partial charge < -0.3 is 30.2 Å². The maximum absolute atomic E-state index is 13.4. The van der Waals surface area contributed by atoms with Crippen molar-refractivity contribution in [1.82, 2.24) is 15.6 Å². The van der Waals surface area contributed by atoms with E-state index in [1.54, 1.807) is 32.0 Å². The first-order valence-corrected chi connectivity index (χ1v) is 16.9. The number of anilines is 1. The molecule has 0 fully saturated rings. The van der Waals surface area contributed by atoms with Crippen molar-refractivity contribution >= 4 is 51.7 Å². The van der Waals surface area contributed by atoms with Crippen molar-refractivity contribution in [3.63, 3.8) is 0 Å². The predicted molar refractivity (Wildman–Crippen MR) is 186 cm³/mol. The fraction of sp³-hybridized carbons (Fsp3) is 0.417. The third kappa shape index (κ3) is 8.09. The molecule has 250 valence electrons. The Morgan fingerprint density at radius 2 is 1.83 bits per heavy atom. The molecule has 2 aromatic carbocycles. The number of methoxy groups -OCH3 is 1. The maximum atomic E-state index is 13.4. The molecule has 3 aromatic rings. The first-order chi connectivity index (χ1) is 22.8. The van der Waals surface area contributed by atoms with E-state index in [1.165, 1.54) is 36.9 Å². The zero-order valence-corrected chi connectivity index (χ0v) is 28.7. The van der Waals surface area contributed by atoms with Gasteiger partial charge in [-0.15, -0.1) is 0 Å². The average Bonchev–Trinajstić information content (AvgIpc) is 3.06. The SMILES string of the molecule is CCOC(=O)C1=C(COCCNCCCNc2c3c(nc4cc(Cl)ccc24)CCCC3)NC(C)=C(C(=O)OC)C1c1ccccc1Cl. The van der Waals surface area contributed by atoms with Gasteiger partial charge in [0.2, 0.25) is 0 Å². The molecule has 1 atom stereocenters. The first kappa shape index (κ1) is 34.7. The Hall–Kier alpha value is -3.63. The molecule has 1 unspecified atom stereocenters. The monoisotopic (exact) mass is 680 g/mol. The molecular formula is C36H42Cl2N4O5. The molecule has 0 spiro atoms. The Bertz CT molecular complexity index is 1690. The summed E-state index contributed by atoms with van der Waals surface area (Å²) in [6.07, 6.45) is 5.32. The van der Waals surface area contributed by atoms with Crippen molar-refractivity contribution in [1.29, 1.82) is 0 Å². The number of fused-ring (bicyclic) bond motifs is 2. The fourth-order valence-electron chi connectivity index (χ4n) is 6.33. The van der Waals surface area contributed by atoms with Crippen LogP contribution in [0.5, 0.6) is 0 Å². The number of benzene rings is 2. The van der Waals surface area contributed by atoms with Crippen LogP contribution in [0.2, 0.25) is 10.0 Å². The van der Waals surface area contributed by atoms with Gasteiger partial charge in [0, 0.05) is 45.6 Å². The topological polar surface area (TPSA) is 111 Å². The molecule has 0 radical (unpaired) electrons. The summed E-state index contributed by atoms with van der Waals surface area (Å²) in [5.74, 6) is -1.88. The summed E-state index contributed by atoms with van der Waals surface area (Å²) < 4.78 is 16.5. The second-order valence-corrected chi connectivity index (χ2v) is 12.4. The van der Waals surface area contributed by atoms with E-state index >= 15 is 0 Å². The van der Waals surface area contributed by atoms with Crippen LogP contribution in [0.25, 0.3) is 10.9 Å². The highest BCUT2D eigenvalue weighted by molar-refractivity contribution is 6.32. The van der Waals surface area contributed by atoms with E-state index in [-0.39, 0.29) is 18.8 Å². The van der Waals surface area contributed by atoms with Crippen molar-refractivity contribution in [3.8, 4) is 0 Å². The van der Waals surface area contributed by atoms with Crippen molar-refractivity contribution in [2.45, 2.75) is 51.9 Å². The number of carbonyl (C=O) groups excluding carboxylic acids is 2. The molecule has 5 rings (SSSR count). The summed E-state index contributed by atoms with van der Waals surface area (Å²) in [5.41, 5.74) is 6.91. The number of ether oxygens (including phenoxy) is 3. The average molecular weight is 682 g/mol. The van der Waals surface area contributed by atoms with Crippen LogP contribution >= 0.6 is 23.2 Å². The first-order valence-electron chi connectivity index (χ1n) is 16.2. The Kier molecular flexibility index (Phi) is 12.2. The predicted octanol–water partition coefficient (Wildman–Crippen LogP) is 6.48. The Balaban J connectivity index is 1.18. The number of hydrogen-bond acceptors (Lipinski definition) is 9. The molecule has 0 saturated carbocycles. The van der Waals surface area contributed by atoms with Gasteiger partial charge in [-0.25, -0.2) is 9.59 Å². The van der Waals surface area contributed by atoms with E-state index in [2.05, 4.69) is 22.0 Å². The standard InChI is InChI=1S/C36H42Cl2N4O5/c1-4-47-36(44)33-30(41-22(2)31(35(43)45-3)32(33)24-10-5-7-12-27(24)38)21-46-19-18-39-16-9-17-40-34-25-11-6-8-13-28(25)42-29-20-23(37)14-15-26(29)34/h5,7,10,12,14-15,20,32,39,41H,4,6,8-9,11,13,16-19,21H2,1-3H3,(H,40,42). The number of rotatable bonds is 14. The number of pyridine rings is 1. The number of nitrogens with zero attached hydrogens (tertiary/aromatic N) is 1. The Morgan fingerprint density at radius 3 is 2.62 bits per heavy atom. The lowest BCUT2D eigenvalue weighted by Crippen LogP contribution is -2.35. The van der Waals surface area contributed by atoms with E-state index < -0.39 is 17.9 Å². The quantitative estimate of drug-likeness (QED) is 0.130. The molecule has 2 aliphatic rings. The lowest BCUT2D eigenvalue weighted by Gasteiger charge is -2.31. The van der Waals surface area contributed by atoms with Gasteiger partial charge in [-0.1, -0.05) is 41.4 Å². The fourth-order valence-corrected chi connectivity index (χ4v) is 6.74. The minimum atomic E-state index is -0.777. The summed E-state index contributed by atoms with van der Waals surface area (Å²) in [7, 11) is 1.31. The number of esters is 2. The van der Waals surface area contributed by atoms with Gasteiger partial charge in [0.05, 0.1) is 55.2 Å². The molecule has 47 heavy (non-hydrogen) atoms.